The molecule has 0 radical (unpaired) electrons. The highest BCUT2D eigenvalue weighted by molar-refractivity contribution is 5.90. The van der Waals surface area contributed by atoms with Gasteiger partial charge in [-0.1, -0.05) is 32.9 Å². The number of likely N-dealkylation sites (N-methyl/N-ethyl adjacent to an activating group) is 1. The number of hydrogen-bond acceptors (Lipinski definition) is 2. The van der Waals surface area contributed by atoms with Gasteiger partial charge in [-0.15, -0.1) is 0 Å². The van der Waals surface area contributed by atoms with Crippen LogP contribution < -0.4 is 0 Å². The Bertz CT molecular complexity index is 227. The zero-order valence-corrected chi connectivity index (χ0v) is 10.9. The first-order chi connectivity index (χ1) is 6.94. The lowest BCUT2D eigenvalue weighted by atomic mass is 9.83. The molecule has 0 fully saturated rings. The van der Waals surface area contributed by atoms with E-state index in [1.807, 2.05) is 21.0 Å². The van der Waals surface area contributed by atoms with Crippen LogP contribution in [-0.4, -0.2) is 30.3 Å². The molecule has 0 aromatic carbocycles. The fourth-order valence-electron chi connectivity index (χ4n) is 2.04. The summed E-state index contributed by atoms with van der Waals surface area (Å²) in [5, 5.41) is 0. The van der Waals surface area contributed by atoms with E-state index in [4.69, 9.17) is 0 Å². The molecule has 0 atom stereocenters. The van der Waals surface area contributed by atoms with Crippen LogP contribution in [0.3, 0.4) is 0 Å². The highest BCUT2D eigenvalue weighted by Crippen LogP contribution is 2.25. The van der Waals surface area contributed by atoms with Crippen LogP contribution in [0.5, 0.6) is 0 Å². The minimum Gasteiger partial charge on any atom is -0.297 e. The molecule has 0 N–H and O–H groups in total. The van der Waals surface area contributed by atoms with Crippen LogP contribution in [0, 0.1) is 0 Å². The average molecular weight is 211 g/mol. The van der Waals surface area contributed by atoms with E-state index in [1.54, 1.807) is 0 Å². The number of nitrogens with zero attached hydrogens (tertiary/aromatic N) is 1. The Balaban J connectivity index is 4.77. The number of carbonyl (C=O) groups excluding carboxylic acids is 1. The molecule has 0 aliphatic carbocycles. The van der Waals surface area contributed by atoms with E-state index in [0.29, 0.717) is 12.2 Å². The number of ketones is 1. The summed E-state index contributed by atoms with van der Waals surface area (Å²) in [5.74, 6) is 0.310. The van der Waals surface area contributed by atoms with E-state index < -0.39 is 0 Å². The van der Waals surface area contributed by atoms with Crippen molar-refractivity contribution in [3.8, 4) is 0 Å². The van der Waals surface area contributed by atoms with Gasteiger partial charge in [0.1, 0.15) is 0 Å². The predicted octanol–water partition coefficient (Wildman–Crippen LogP) is 3.03. The quantitative estimate of drug-likeness (QED) is 0.603. The maximum Gasteiger partial charge on any atom is 0.157 e. The minimum absolute atomic E-state index is 0.294. The predicted molar refractivity (Wildman–Crippen MR) is 66.1 cm³/mol. The molecule has 2 nitrogen and oxygen atoms in total. The van der Waals surface area contributed by atoms with Gasteiger partial charge in [-0.25, -0.2) is 0 Å². The van der Waals surface area contributed by atoms with Crippen LogP contribution in [0.4, 0.5) is 0 Å². The zero-order chi connectivity index (χ0) is 12.1. The van der Waals surface area contributed by atoms with Gasteiger partial charge in [0.2, 0.25) is 0 Å². The highest BCUT2D eigenvalue weighted by Gasteiger charge is 2.36. The molecule has 0 aromatic heterocycles. The zero-order valence-electron chi connectivity index (χ0n) is 10.9. The van der Waals surface area contributed by atoms with Crippen LogP contribution in [0.15, 0.2) is 12.2 Å². The Hall–Kier alpha value is -0.630. The second-order valence-corrected chi connectivity index (χ2v) is 4.34. The van der Waals surface area contributed by atoms with Gasteiger partial charge in [0, 0.05) is 6.42 Å². The average Bonchev–Trinajstić information content (AvgIpc) is 2.19. The Kier molecular flexibility index (Phi) is 5.81. The van der Waals surface area contributed by atoms with Crippen molar-refractivity contribution in [1.82, 2.24) is 4.90 Å². The van der Waals surface area contributed by atoms with Crippen LogP contribution >= 0.6 is 0 Å². The van der Waals surface area contributed by atoms with Gasteiger partial charge in [-0.05, 0) is 33.4 Å². The SMILES string of the molecule is C=C(CC)CC(=O)C(CC)(CC)N(C)C. The summed E-state index contributed by atoms with van der Waals surface area (Å²) >= 11 is 0. The lowest BCUT2D eigenvalue weighted by molar-refractivity contribution is -0.129. The molecule has 2 heteroatoms. The molecule has 0 bridgehead atoms. The first kappa shape index (κ1) is 14.4. The van der Waals surface area contributed by atoms with Crippen LogP contribution in [0.1, 0.15) is 46.5 Å². The molecule has 15 heavy (non-hydrogen) atoms. The molecular formula is C13H25NO. The monoisotopic (exact) mass is 211 g/mol. The van der Waals surface area contributed by atoms with Gasteiger partial charge in [-0.2, -0.15) is 0 Å². The van der Waals surface area contributed by atoms with Gasteiger partial charge in [-0.3, -0.25) is 9.69 Å². The molecule has 0 saturated carbocycles. The second-order valence-electron chi connectivity index (χ2n) is 4.34. The van der Waals surface area contributed by atoms with Gasteiger partial charge in [0.15, 0.2) is 5.78 Å². The lowest BCUT2D eigenvalue weighted by Gasteiger charge is -2.37. The molecule has 88 valence electrons. The van der Waals surface area contributed by atoms with Crippen LogP contribution in [-0.2, 0) is 4.79 Å². The van der Waals surface area contributed by atoms with Gasteiger partial charge < -0.3 is 0 Å². The van der Waals surface area contributed by atoms with Gasteiger partial charge >= 0.3 is 0 Å². The number of allylic oxidation sites excluding steroid dienone is 1. The fourth-order valence-corrected chi connectivity index (χ4v) is 2.04. The molecule has 0 rings (SSSR count). The summed E-state index contributed by atoms with van der Waals surface area (Å²) < 4.78 is 0. The molecule has 0 heterocycles. The summed E-state index contributed by atoms with van der Waals surface area (Å²) in [6.07, 6.45) is 3.15. The molecule has 0 aromatic rings. The molecule has 0 saturated heterocycles. The van der Waals surface area contributed by atoms with Crippen molar-refractivity contribution in [2.24, 2.45) is 0 Å². The van der Waals surface area contributed by atoms with Crippen molar-refractivity contribution in [2.75, 3.05) is 14.1 Å². The first-order valence-electron chi connectivity index (χ1n) is 5.81. The summed E-state index contributed by atoms with van der Waals surface area (Å²) in [7, 11) is 3.97. The normalized spacial score (nSPS) is 11.9. The third-order valence-corrected chi connectivity index (χ3v) is 3.46. The maximum absolute atomic E-state index is 12.2. The van der Waals surface area contributed by atoms with E-state index in [-0.39, 0.29) is 5.54 Å². The van der Waals surface area contributed by atoms with Gasteiger partial charge in [0.05, 0.1) is 5.54 Å². The van der Waals surface area contributed by atoms with Crippen LogP contribution in [0.25, 0.3) is 0 Å². The Labute approximate surface area is 94.4 Å². The van der Waals surface area contributed by atoms with E-state index in [2.05, 4.69) is 25.3 Å². The first-order valence-corrected chi connectivity index (χ1v) is 5.81. The molecule has 0 amide bonds. The van der Waals surface area contributed by atoms with Crippen molar-refractivity contribution in [3.63, 3.8) is 0 Å². The van der Waals surface area contributed by atoms with Crippen molar-refractivity contribution in [3.05, 3.63) is 12.2 Å². The largest absolute Gasteiger partial charge is 0.297 e. The number of carbonyl (C=O) groups is 1. The standard InChI is InChI=1S/C13H25NO/c1-7-11(4)10-12(15)13(8-2,9-3)14(5)6/h4,7-10H2,1-3,5-6H3. The second kappa shape index (κ2) is 6.06. The summed E-state index contributed by atoms with van der Waals surface area (Å²) in [6.45, 7) is 10.1. The minimum atomic E-state index is -0.294. The smallest absolute Gasteiger partial charge is 0.157 e. The number of hydrogen-bond donors (Lipinski definition) is 0. The fraction of sp³-hybridized carbons (Fsp3) is 0.769. The van der Waals surface area contributed by atoms with Crippen molar-refractivity contribution < 1.29 is 4.79 Å². The summed E-state index contributed by atoms with van der Waals surface area (Å²) in [6, 6.07) is 0. The molecule has 0 aliphatic rings. The van der Waals surface area contributed by atoms with Crippen molar-refractivity contribution in [2.45, 2.75) is 52.0 Å². The van der Waals surface area contributed by atoms with E-state index in [0.717, 1.165) is 24.8 Å². The topological polar surface area (TPSA) is 20.3 Å². The third-order valence-electron chi connectivity index (χ3n) is 3.46. The third kappa shape index (κ3) is 3.16. The van der Waals surface area contributed by atoms with Crippen molar-refractivity contribution >= 4 is 5.78 Å². The Morgan fingerprint density at radius 3 is 1.93 bits per heavy atom. The Morgan fingerprint density at radius 1 is 1.20 bits per heavy atom. The number of rotatable bonds is 7. The molecular weight excluding hydrogens is 186 g/mol. The highest BCUT2D eigenvalue weighted by atomic mass is 16.1. The molecule has 0 unspecified atom stereocenters. The van der Waals surface area contributed by atoms with E-state index in [9.17, 15) is 4.79 Å². The number of Topliss-reactive ketones (excluding diaryl/α,β-unsaturated/α-hetero) is 1. The van der Waals surface area contributed by atoms with Crippen molar-refractivity contribution in [1.29, 1.82) is 0 Å². The van der Waals surface area contributed by atoms with E-state index >= 15 is 0 Å². The molecule has 0 aliphatic heterocycles. The van der Waals surface area contributed by atoms with Crippen LogP contribution in [0.2, 0.25) is 0 Å². The van der Waals surface area contributed by atoms with E-state index in [1.165, 1.54) is 0 Å². The summed E-state index contributed by atoms with van der Waals surface area (Å²) in [5.41, 5.74) is 0.742. The summed E-state index contributed by atoms with van der Waals surface area (Å²) in [4.78, 5) is 14.3. The Morgan fingerprint density at radius 2 is 1.67 bits per heavy atom. The maximum atomic E-state index is 12.2. The lowest BCUT2D eigenvalue weighted by Crippen LogP contribution is -2.50. The van der Waals surface area contributed by atoms with Gasteiger partial charge in [0.25, 0.3) is 0 Å². The molecule has 0 spiro atoms.